The molecule has 0 unspecified atom stereocenters. The molecule has 0 spiro atoms. The first-order valence-corrected chi connectivity index (χ1v) is 13.0. The Labute approximate surface area is 160 Å². The van der Waals surface area contributed by atoms with Crippen LogP contribution in [0.15, 0.2) is 102 Å². The Balaban J connectivity index is 2.45. The number of allylic oxidation sites excluding steroid dienone is 1. The van der Waals surface area contributed by atoms with Crippen molar-refractivity contribution < 1.29 is 0 Å². The molecule has 24 heavy (non-hydrogen) atoms. The van der Waals surface area contributed by atoms with Gasteiger partial charge in [0.05, 0.1) is 0 Å². The van der Waals surface area contributed by atoms with Crippen LogP contribution in [0.5, 0.6) is 0 Å². The molecule has 0 aliphatic heterocycles. The van der Waals surface area contributed by atoms with Gasteiger partial charge in [0.1, 0.15) is 0 Å². The standard InChI is InChI=1S/C21H19Br2P/c1-18(22)17-24(23,19-11-5-2-6-12-19,20-13-7-3-8-14-20)21-15-9-4-10-16-21/h2-16H,1,17H2. The zero-order valence-corrected chi connectivity index (χ0v) is 17.3. The summed E-state index contributed by atoms with van der Waals surface area (Å²) in [5.74, 6) is 0. The Kier molecular flexibility index (Phi) is 5.11. The van der Waals surface area contributed by atoms with Crippen LogP contribution < -0.4 is 15.9 Å². The van der Waals surface area contributed by atoms with Gasteiger partial charge in [-0.3, -0.25) is 0 Å². The molecule has 0 saturated heterocycles. The van der Waals surface area contributed by atoms with Crippen LogP contribution in [0.2, 0.25) is 0 Å². The topological polar surface area (TPSA) is 0 Å². The zero-order valence-electron chi connectivity index (χ0n) is 13.3. The van der Waals surface area contributed by atoms with E-state index >= 15 is 0 Å². The van der Waals surface area contributed by atoms with Gasteiger partial charge in [-0.2, -0.15) is 0 Å². The molecular weight excluding hydrogens is 443 g/mol. The summed E-state index contributed by atoms with van der Waals surface area (Å²) < 4.78 is 0.994. The van der Waals surface area contributed by atoms with E-state index in [4.69, 9.17) is 0 Å². The third-order valence-corrected chi connectivity index (χ3v) is 14.6. The molecule has 3 aromatic rings. The number of hydrogen-bond acceptors (Lipinski definition) is 0. The first-order valence-electron chi connectivity index (χ1n) is 7.78. The molecule has 0 saturated carbocycles. The van der Waals surface area contributed by atoms with Crippen LogP contribution in [0.25, 0.3) is 0 Å². The maximum absolute atomic E-state index is 4.36. The Morgan fingerprint density at radius 2 is 0.958 bits per heavy atom. The molecule has 0 heterocycles. The number of benzene rings is 3. The van der Waals surface area contributed by atoms with Crippen molar-refractivity contribution >= 4 is 52.6 Å². The van der Waals surface area contributed by atoms with Crippen molar-refractivity contribution in [1.29, 1.82) is 0 Å². The first kappa shape index (κ1) is 17.6. The average Bonchev–Trinajstić information content (AvgIpc) is 2.63. The van der Waals surface area contributed by atoms with Gasteiger partial charge in [0.2, 0.25) is 0 Å². The van der Waals surface area contributed by atoms with Crippen LogP contribution in [-0.4, -0.2) is 6.16 Å². The van der Waals surface area contributed by atoms with Gasteiger partial charge >= 0.3 is 161 Å². The molecule has 122 valence electrons. The summed E-state index contributed by atoms with van der Waals surface area (Å²) in [4.78, 5) is 0. The van der Waals surface area contributed by atoms with E-state index in [-0.39, 0.29) is 0 Å². The van der Waals surface area contributed by atoms with Crippen molar-refractivity contribution in [2.24, 2.45) is 0 Å². The molecule has 0 fully saturated rings. The van der Waals surface area contributed by atoms with E-state index in [9.17, 15) is 0 Å². The Morgan fingerprint density at radius 3 is 1.21 bits per heavy atom. The predicted octanol–water partition coefficient (Wildman–Crippen LogP) is 5.73. The van der Waals surface area contributed by atoms with Crippen LogP contribution in [0.3, 0.4) is 0 Å². The van der Waals surface area contributed by atoms with Crippen LogP contribution in [-0.2, 0) is 0 Å². The van der Waals surface area contributed by atoms with E-state index in [1.54, 1.807) is 0 Å². The quantitative estimate of drug-likeness (QED) is 0.425. The third-order valence-electron chi connectivity index (χ3n) is 4.35. The van der Waals surface area contributed by atoms with Gasteiger partial charge in [-0.1, -0.05) is 0 Å². The molecule has 0 amide bonds. The fourth-order valence-corrected chi connectivity index (χ4v) is 13.3. The third kappa shape index (κ3) is 2.92. The van der Waals surface area contributed by atoms with Gasteiger partial charge in [0, 0.05) is 0 Å². The predicted molar refractivity (Wildman–Crippen MR) is 117 cm³/mol. The van der Waals surface area contributed by atoms with Crippen LogP contribution >= 0.6 is 36.7 Å². The molecule has 0 bridgehead atoms. The van der Waals surface area contributed by atoms with Crippen molar-refractivity contribution in [3.63, 3.8) is 0 Å². The van der Waals surface area contributed by atoms with Crippen molar-refractivity contribution in [2.45, 2.75) is 0 Å². The monoisotopic (exact) mass is 460 g/mol. The number of halogens is 2. The summed E-state index contributed by atoms with van der Waals surface area (Å²) in [5, 5.41) is 1.09. The molecule has 0 radical (unpaired) electrons. The summed E-state index contributed by atoms with van der Waals surface area (Å²) in [5.41, 5.74) is 0. The van der Waals surface area contributed by atoms with Crippen LogP contribution in [0, 0.1) is 0 Å². The zero-order chi connectivity index (χ0) is 17.1. The summed E-state index contributed by atoms with van der Waals surface area (Å²) >= 11 is 8.00. The number of hydrogen-bond donors (Lipinski definition) is 0. The van der Waals surface area contributed by atoms with Crippen molar-refractivity contribution in [2.75, 3.05) is 6.16 Å². The second-order valence-electron chi connectivity index (χ2n) is 5.86. The molecule has 0 aliphatic rings. The van der Waals surface area contributed by atoms with Crippen LogP contribution in [0.4, 0.5) is 0 Å². The summed E-state index contributed by atoms with van der Waals surface area (Å²) in [6, 6.07) is 32.2. The van der Waals surface area contributed by atoms with Gasteiger partial charge in [-0.05, 0) is 0 Å². The molecule has 0 nitrogen and oxygen atoms in total. The van der Waals surface area contributed by atoms with E-state index in [2.05, 4.69) is 129 Å². The van der Waals surface area contributed by atoms with Gasteiger partial charge in [0.15, 0.2) is 0 Å². The van der Waals surface area contributed by atoms with E-state index in [0.717, 1.165) is 10.6 Å². The van der Waals surface area contributed by atoms with E-state index in [1.165, 1.54) is 15.9 Å². The van der Waals surface area contributed by atoms with Crippen molar-refractivity contribution in [1.82, 2.24) is 0 Å². The molecule has 0 aliphatic carbocycles. The van der Waals surface area contributed by atoms with Crippen molar-refractivity contribution in [3.8, 4) is 0 Å². The first-order chi connectivity index (χ1) is 11.6. The van der Waals surface area contributed by atoms with Gasteiger partial charge in [-0.25, -0.2) is 0 Å². The minimum absolute atomic E-state index is 0.823. The summed E-state index contributed by atoms with van der Waals surface area (Å²) in [6.45, 7) is 4.18. The Hall–Kier alpha value is -1.21. The van der Waals surface area contributed by atoms with Crippen LogP contribution in [0.1, 0.15) is 0 Å². The number of rotatable bonds is 5. The normalized spacial score (nSPS) is 13.0. The van der Waals surface area contributed by atoms with Gasteiger partial charge in [-0.15, -0.1) is 0 Å². The minimum atomic E-state index is -2.83. The van der Waals surface area contributed by atoms with Crippen molar-refractivity contribution in [3.05, 3.63) is 102 Å². The van der Waals surface area contributed by atoms with Gasteiger partial charge < -0.3 is 0 Å². The summed E-state index contributed by atoms with van der Waals surface area (Å²) in [6.07, 6.45) is 0.823. The molecule has 0 N–H and O–H groups in total. The average molecular weight is 462 g/mol. The summed E-state index contributed by atoms with van der Waals surface area (Å²) in [7, 11) is 0. The molecule has 3 heteroatoms. The van der Waals surface area contributed by atoms with E-state index < -0.39 is 5.31 Å². The van der Waals surface area contributed by atoms with E-state index in [0.29, 0.717) is 0 Å². The molecule has 0 atom stereocenters. The Bertz CT molecular complexity index is 730. The second kappa shape index (κ2) is 6.96. The SMILES string of the molecule is C=C(Br)CP(Br)(c1ccccc1)(c1ccccc1)c1ccccc1. The molecule has 3 rings (SSSR count). The Morgan fingerprint density at radius 1 is 0.667 bits per heavy atom. The fourth-order valence-electron chi connectivity index (χ4n) is 3.26. The molecule has 0 aromatic heterocycles. The maximum atomic E-state index is 4.36. The van der Waals surface area contributed by atoms with E-state index in [1.807, 2.05) is 0 Å². The second-order valence-corrected chi connectivity index (χ2v) is 15.9. The fraction of sp³-hybridized carbons (Fsp3) is 0.0476. The van der Waals surface area contributed by atoms with Gasteiger partial charge in [0.25, 0.3) is 0 Å². The molecule has 3 aromatic carbocycles. The molecular formula is C21H19Br2P.